The van der Waals surface area contributed by atoms with Gasteiger partial charge in [-0.3, -0.25) is 14.9 Å². The van der Waals surface area contributed by atoms with Gasteiger partial charge in [0.1, 0.15) is 0 Å². The van der Waals surface area contributed by atoms with Crippen LogP contribution < -0.4 is 10.6 Å². The average molecular weight is 266 g/mol. The highest BCUT2D eigenvalue weighted by atomic mass is 16.6. The van der Waals surface area contributed by atoms with Crippen molar-refractivity contribution < 1.29 is 9.72 Å². The summed E-state index contributed by atoms with van der Waals surface area (Å²) in [6.45, 7) is 5.78. The third-order valence-corrected chi connectivity index (χ3v) is 2.30. The average Bonchev–Trinajstić information content (AvgIpc) is 2.29. The first-order valence-corrected chi connectivity index (χ1v) is 6.04. The lowest BCUT2D eigenvalue weighted by Gasteiger charge is -2.09. The molecule has 0 aromatic carbocycles. The molecule has 0 aliphatic heterocycles. The Hall–Kier alpha value is -2.18. The van der Waals surface area contributed by atoms with Crippen molar-refractivity contribution in [2.45, 2.75) is 33.2 Å². The second-order valence-electron chi connectivity index (χ2n) is 4.54. The highest BCUT2D eigenvalue weighted by Gasteiger charge is 2.15. The van der Waals surface area contributed by atoms with Gasteiger partial charge in [0.15, 0.2) is 0 Å². The van der Waals surface area contributed by atoms with E-state index in [9.17, 15) is 14.9 Å². The van der Waals surface area contributed by atoms with Crippen LogP contribution in [-0.2, 0) is 4.79 Å². The number of rotatable bonds is 6. The van der Waals surface area contributed by atoms with E-state index in [-0.39, 0.29) is 29.9 Å². The third kappa shape index (κ3) is 4.90. The Kier molecular flexibility index (Phi) is 5.23. The molecule has 0 saturated heterocycles. The fourth-order valence-electron chi connectivity index (χ4n) is 1.52. The number of nitro groups is 1. The first-order chi connectivity index (χ1) is 8.90. The number of aryl methyl sites for hydroxylation is 1. The predicted octanol–water partition coefficient (Wildman–Crippen LogP) is 1.62. The van der Waals surface area contributed by atoms with Crippen LogP contribution >= 0.6 is 0 Å². The molecule has 1 aromatic rings. The van der Waals surface area contributed by atoms with E-state index >= 15 is 0 Å². The van der Waals surface area contributed by atoms with Crippen LogP contribution in [0.15, 0.2) is 12.3 Å². The SMILES string of the molecule is Cc1cnc(NCCC(=O)NC(C)C)c([N+](=O)[O-])c1. The predicted molar refractivity (Wildman–Crippen MR) is 72.0 cm³/mol. The highest BCUT2D eigenvalue weighted by molar-refractivity contribution is 5.76. The van der Waals surface area contributed by atoms with Gasteiger partial charge in [-0.1, -0.05) is 0 Å². The maximum absolute atomic E-state index is 11.4. The van der Waals surface area contributed by atoms with Gasteiger partial charge < -0.3 is 10.6 Å². The Morgan fingerprint density at radius 3 is 2.79 bits per heavy atom. The van der Waals surface area contributed by atoms with Crippen molar-refractivity contribution in [1.29, 1.82) is 0 Å². The van der Waals surface area contributed by atoms with Crippen LogP contribution in [0.25, 0.3) is 0 Å². The normalized spacial score (nSPS) is 10.3. The summed E-state index contributed by atoms with van der Waals surface area (Å²) in [7, 11) is 0. The van der Waals surface area contributed by atoms with Crippen LogP contribution in [0.2, 0.25) is 0 Å². The highest BCUT2D eigenvalue weighted by Crippen LogP contribution is 2.22. The van der Waals surface area contributed by atoms with Gasteiger partial charge in [-0.2, -0.15) is 0 Å². The largest absolute Gasteiger partial charge is 0.364 e. The molecule has 0 unspecified atom stereocenters. The molecule has 1 rings (SSSR count). The van der Waals surface area contributed by atoms with E-state index in [1.807, 2.05) is 13.8 Å². The molecule has 0 atom stereocenters. The molecular formula is C12H18N4O3. The van der Waals surface area contributed by atoms with Crippen LogP contribution in [0, 0.1) is 17.0 Å². The fraction of sp³-hybridized carbons (Fsp3) is 0.500. The van der Waals surface area contributed by atoms with Gasteiger partial charge in [0.2, 0.25) is 11.7 Å². The fourth-order valence-corrected chi connectivity index (χ4v) is 1.52. The first kappa shape index (κ1) is 14.9. The van der Waals surface area contributed by atoms with Crippen LogP contribution in [-0.4, -0.2) is 28.4 Å². The third-order valence-electron chi connectivity index (χ3n) is 2.30. The van der Waals surface area contributed by atoms with E-state index < -0.39 is 4.92 Å². The topological polar surface area (TPSA) is 97.2 Å². The number of hydrogen-bond acceptors (Lipinski definition) is 5. The molecule has 1 heterocycles. The summed E-state index contributed by atoms with van der Waals surface area (Å²) in [5.74, 6) is 0.0882. The van der Waals surface area contributed by atoms with Gasteiger partial charge in [-0.05, 0) is 26.3 Å². The summed E-state index contributed by atoms with van der Waals surface area (Å²) in [4.78, 5) is 25.8. The molecule has 0 radical (unpaired) electrons. The van der Waals surface area contributed by atoms with E-state index in [4.69, 9.17) is 0 Å². The number of aromatic nitrogens is 1. The first-order valence-electron chi connectivity index (χ1n) is 6.04. The van der Waals surface area contributed by atoms with Gasteiger partial charge in [0.05, 0.1) is 4.92 Å². The smallest absolute Gasteiger partial charge is 0.311 e. The Morgan fingerprint density at radius 2 is 2.21 bits per heavy atom. The van der Waals surface area contributed by atoms with E-state index in [0.29, 0.717) is 6.54 Å². The van der Waals surface area contributed by atoms with Gasteiger partial charge in [0, 0.05) is 31.3 Å². The molecule has 7 nitrogen and oxygen atoms in total. The molecule has 2 N–H and O–H groups in total. The van der Waals surface area contributed by atoms with Gasteiger partial charge in [-0.15, -0.1) is 0 Å². The van der Waals surface area contributed by atoms with Crippen molar-refractivity contribution >= 4 is 17.4 Å². The van der Waals surface area contributed by atoms with Crippen molar-refractivity contribution in [3.05, 3.63) is 27.9 Å². The Bertz CT molecular complexity index is 474. The number of hydrogen-bond donors (Lipinski definition) is 2. The van der Waals surface area contributed by atoms with Crippen molar-refractivity contribution in [2.75, 3.05) is 11.9 Å². The van der Waals surface area contributed by atoms with Crippen LogP contribution in [0.5, 0.6) is 0 Å². The van der Waals surface area contributed by atoms with E-state index in [0.717, 1.165) is 5.56 Å². The molecule has 1 amide bonds. The molecular weight excluding hydrogens is 248 g/mol. The second kappa shape index (κ2) is 6.67. The van der Waals surface area contributed by atoms with Crippen LogP contribution in [0.4, 0.5) is 11.5 Å². The number of nitrogens with one attached hydrogen (secondary N) is 2. The molecule has 104 valence electrons. The minimum atomic E-state index is -0.490. The van der Waals surface area contributed by atoms with E-state index in [1.54, 1.807) is 13.1 Å². The molecule has 0 fully saturated rings. The second-order valence-corrected chi connectivity index (χ2v) is 4.54. The van der Waals surface area contributed by atoms with Crippen LogP contribution in [0.3, 0.4) is 0 Å². The number of pyridine rings is 1. The number of amides is 1. The minimum Gasteiger partial charge on any atom is -0.364 e. The molecule has 0 aliphatic rings. The summed E-state index contributed by atoms with van der Waals surface area (Å²) >= 11 is 0. The summed E-state index contributed by atoms with van der Waals surface area (Å²) < 4.78 is 0. The molecule has 19 heavy (non-hydrogen) atoms. The maximum Gasteiger partial charge on any atom is 0.311 e. The number of carbonyl (C=O) groups excluding carboxylic acids is 1. The quantitative estimate of drug-likeness (QED) is 0.602. The van der Waals surface area contributed by atoms with Gasteiger partial charge in [0.25, 0.3) is 0 Å². The lowest BCUT2D eigenvalue weighted by Crippen LogP contribution is -2.31. The van der Waals surface area contributed by atoms with Crippen molar-refractivity contribution in [2.24, 2.45) is 0 Å². The summed E-state index contributed by atoms with van der Waals surface area (Å²) in [6.07, 6.45) is 1.79. The molecule has 7 heteroatoms. The van der Waals surface area contributed by atoms with E-state index in [1.165, 1.54) is 6.07 Å². The monoisotopic (exact) mass is 266 g/mol. The number of carbonyl (C=O) groups is 1. The summed E-state index contributed by atoms with van der Waals surface area (Å²) in [5, 5.41) is 16.4. The van der Waals surface area contributed by atoms with Gasteiger partial charge >= 0.3 is 5.69 Å². The molecule has 0 saturated carbocycles. The van der Waals surface area contributed by atoms with E-state index in [2.05, 4.69) is 15.6 Å². The Morgan fingerprint density at radius 1 is 1.53 bits per heavy atom. The minimum absolute atomic E-state index is 0.0794. The maximum atomic E-state index is 11.4. The Balaban J connectivity index is 2.58. The summed E-state index contributed by atoms with van der Waals surface area (Å²) in [5.41, 5.74) is 0.638. The number of nitrogens with zero attached hydrogens (tertiary/aromatic N) is 2. The summed E-state index contributed by atoms with van der Waals surface area (Å²) in [6, 6.07) is 1.53. The molecule has 0 bridgehead atoms. The molecule has 0 aliphatic carbocycles. The number of anilines is 1. The van der Waals surface area contributed by atoms with Gasteiger partial charge in [-0.25, -0.2) is 4.98 Å². The standard InChI is InChI=1S/C12H18N4O3/c1-8(2)15-11(17)4-5-13-12-10(16(18)19)6-9(3)7-14-12/h6-8H,4-5H2,1-3H3,(H,13,14)(H,15,17). The lowest BCUT2D eigenvalue weighted by atomic mass is 10.3. The molecule has 1 aromatic heterocycles. The zero-order valence-corrected chi connectivity index (χ0v) is 11.3. The Labute approximate surface area is 111 Å². The van der Waals surface area contributed by atoms with Crippen molar-refractivity contribution in [1.82, 2.24) is 10.3 Å². The van der Waals surface area contributed by atoms with Crippen molar-refractivity contribution in [3.8, 4) is 0 Å². The zero-order valence-electron chi connectivity index (χ0n) is 11.3. The zero-order chi connectivity index (χ0) is 14.4. The van der Waals surface area contributed by atoms with Crippen molar-refractivity contribution in [3.63, 3.8) is 0 Å². The lowest BCUT2D eigenvalue weighted by molar-refractivity contribution is -0.384. The molecule has 0 spiro atoms. The van der Waals surface area contributed by atoms with Crippen LogP contribution in [0.1, 0.15) is 25.8 Å².